The third-order valence-electron chi connectivity index (χ3n) is 5.29. The van der Waals surface area contributed by atoms with Gasteiger partial charge in [-0.3, -0.25) is 4.79 Å². The molecule has 35 heavy (non-hydrogen) atoms. The Hall–Kier alpha value is -4.27. The van der Waals surface area contributed by atoms with Crippen LogP contribution in [0.2, 0.25) is 5.02 Å². The molecule has 0 saturated heterocycles. The van der Waals surface area contributed by atoms with E-state index in [-0.39, 0.29) is 5.57 Å². The molecule has 6 heteroatoms. The summed E-state index contributed by atoms with van der Waals surface area (Å²) >= 11 is 5.94. The summed E-state index contributed by atoms with van der Waals surface area (Å²) in [4.78, 5) is 12.9. The average molecular weight is 483 g/mol. The molecule has 0 atom stereocenters. The monoisotopic (exact) mass is 482 g/mol. The zero-order chi connectivity index (χ0) is 24.6. The lowest BCUT2D eigenvalue weighted by Gasteiger charge is -2.13. The van der Waals surface area contributed by atoms with Crippen molar-refractivity contribution in [3.63, 3.8) is 0 Å². The van der Waals surface area contributed by atoms with Gasteiger partial charge in [-0.25, -0.2) is 0 Å². The molecular formula is C29H23ClN2O3. The molecule has 0 fully saturated rings. The fourth-order valence-electron chi connectivity index (χ4n) is 3.58. The third kappa shape index (κ3) is 6.00. The van der Waals surface area contributed by atoms with E-state index in [4.69, 9.17) is 21.1 Å². The number of halogens is 1. The predicted octanol–water partition coefficient (Wildman–Crippen LogP) is 7.02. The molecule has 1 amide bonds. The fourth-order valence-corrected chi connectivity index (χ4v) is 3.71. The van der Waals surface area contributed by atoms with Crippen molar-refractivity contribution in [3.8, 4) is 17.6 Å². The maximum absolute atomic E-state index is 12.9. The van der Waals surface area contributed by atoms with Crippen LogP contribution in [0.1, 0.15) is 18.1 Å². The van der Waals surface area contributed by atoms with Crippen LogP contribution in [0.4, 0.5) is 5.69 Å². The smallest absolute Gasteiger partial charge is 0.266 e. The summed E-state index contributed by atoms with van der Waals surface area (Å²) in [5, 5.41) is 15.1. The lowest BCUT2D eigenvalue weighted by Crippen LogP contribution is -2.13. The van der Waals surface area contributed by atoms with Crippen LogP contribution in [-0.4, -0.2) is 12.5 Å². The quantitative estimate of drug-likeness (QED) is 0.216. The van der Waals surface area contributed by atoms with Crippen LogP contribution in [0.15, 0.2) is 90.5 Å². The Morgan fingerprint density at radius 3 is 2.51 bits per heavy atom. The number of nitrogens with one attached hydrogen (secondary N) is 1. The molecule has 174 valence electrons. The first kappa shape index (κ1) is 23.9. The van der Waals surface area contributed by atoms with Gasteiger partial charge < -0.3 is 14.8 Å². The van der Waals surface area contributed by atoms with Crippen molar-refractivity contribution in [2.45, 2.75) is 13.5 Å². The van der Waals surface area contributed by atoms with E-state index in [2.05, 4.69) is 5.32 Å². The highest BCUT2D eigenvalue weighted by molar-refractivity contribution is 6.30. The number of nitrogens with zero attached hydrogens (tertiary/aromatic N) is 1. The number of nitriles is 1. The fraction of sp³-hybridized carbons (Fsp3) is 0.103. The van der Waals surface area contributed by atoms with Crippen molar-refractivity contribution in [2.24, 2.45) is 0 Å². The first-order chi connectivity index (χ1) is 17.1. The number of benzene rings is 4. The van der Waals surface area contributed by atoms with Crippen LogP contribution in [0.25, 0.3) is 16.8 Å². The van der Waals surface area contributed by atoms with Crippen molar-refractivity contribution in [3.05, 3.63) is 107 Å². The van der Waals surface area contributed by atoms with Crippen LogP contribution >= 0.6 is 11.6 Å². The minimum atomic E-state index is -0.482. The van der Waals surface area contributed by atoms with E-state index in [1.54, 1.807) is 18.2 Å². The van der Waals surface area contributed by atoms with Crippen molar-refractivity contribution in [1.82, 2.24) is 0 Å². The van der Waals surface area contributed by atoms with Gasteiger partial charge in [0.15, 0.2) is 11.5 Å². The third-order valence-corrected chi connectivity index (χ3v) is 5.54. The Bertz CT molecular complexity index is 1420. The SMILES string of the molecule is CCOc1cc(/C=C(\C#N)C(=O)Nc2cccc3ccccc23)ccc1OCc1ccc(Cl)cc1. The van der Waals surface area contributed by atoms with E-state index in [9.17, 15) is 10.1 Å². The Morgan fingerprint density at radius 1 is 0.971 bits per heavy atom. The summed E-state index contributed by atoms with van der Waals surface area (Å²) in [6, 6.07) is 28.1. The largest absolute Gasteiger partial charge is 0.490 e. The number of hydrogen-bond acceptors (Lipinski definition) is 4. The summed E-state index contributed by atoms with van der Waals surface area (Å²) in [5.41, 5.74) is 2.25. The van der Waals surface area contributed by atoms with E-state index in [1.165, 1.54) is 6.08 Å². The van der Waals surface area contributed by atoms with Crippen LogP contribution in [0.3, 0.4) is 0 Å². The molecule has 0 aliphatic heterocycles. The van der Waals surface area contributed by atoms with Gasteiger partial charge in [-0.05, 0) is 59.8 Å². The number of rotatable bonds is 8. The number of fused-ring (bicyclic) bond motifs is 1. The van der Waals surface area contributed by atoms with Gasteiger partial charge in [-0.2, -0.15) is 5.26 Å². The molecule has 1 N–H and O–H groups in total. The second kappa shape index (κ2) is 11.2. The molecule has 4 rings (SSSR count). The van der Waals surface area contributed by atoms with E-state index in [0.717, 1.165) is 16.3 Å². The first-order valence-electron chi connectivity index (χ1n) is 11.1. The molecule has 0 unspecified atom stereocenters. The average Bonchev–Trinajstić information content (AvgIpc) is 2.88. The summed E-state index contributed by atoms with van der Waals surface area (Å²) in [7, 11) is 0. The number of hydrogen-bond donors (Lipinski definition) is 1. The molecule has 4 aromatic rings. The maximum atomic E-state index is 12.9. The zero-order valence-electron chi connectivity index (χ0n) is 19.1. The zero-order valence-corrected chi connectivity index (χ0v) is 19.9. The number of carbonyl (C=O) groups is 1. The van der Waals surface area contributed by atoms with E-state index in [0.29, 0.717) is 41.0 Å². The van der Waals surface area contributed by atoms with Gasteiger partial charge >= 0.3 is 0 Å². The van der Waals surface area contributed by atoms with Gasteiger partial charge in [-0.15, -0.1) is 0 Å². The Labute approximate surface area is 209 Å². The number of carbonyl (C=O) groups excluding carboxylic acids is 1. The summed E-state index contributed by atoms with van der Waals surface area (Å²) in [6.45, 7) is 2.67. The lowest BCUT2D eigenvalue weighted by atomic mass is 10.1. The van der Waals surface area contributed by atoms with Crippen LogP contribution in [0.5, 0.6) is 11.5 Å². The van der Waals surface area contributed by atoms with Gasteiger partial charge in [-0.1, -0.05) is 66.2 Å². The molecule has 5 nitrogen and oxygen atoms in total. The number of anilines is 1. The standard InChI is InChI=1S/C29H23ClN2O3/c1-2-34-28-17-21(12-15-27(28)35-19-20-10-13-24(30)14-11-20)16-23(18-31)29(33)32-26-9-5-7-22-6-3-4-8-25(22)26/h3-17H,2,19H2,1H3,(H,32,33)/b23-16+. The highest BCUT2D eigenvalue weighted by Crippen LogP contribution is 2.30. The number of amides is 1. The van der Waals surface area contributed by atoms with Crippen molar-refractivity contribution >= 4 is 40.0 Å². The molecule has 0 heterocycles. The molecule has 0 spiro atoms. The molecule has 4 aromatic carbocycles. The van der Waals surface area contributed by atoms with Gasteiger partial charge in [0.2, 0.25) is 0 Å². The van der Waals surface area contributed by atoms with Gasteiger partial charge in [0, 0.05) is 16.1 Å². The molecule has 0 aromatic heterocycles. The first-order valence-corrected chi connectivity index (χ1v) is 11.5. The van der Waals surface area contributed by atoms with Crippen molar-refractivity contribution < 1.29 is 14.3 Å². The Morgan fingerprint density at radius 2 is 1.74 bits per heavy atom. The summed E-state index contributed by atoms with van der Waals surface area (Å²) in [5.74, 6) is 0.615. The molecule has 0 aliphatic carbocycles. The maximum Gasteiger partial charge on any atom is 0.266 e. The minimum absolute atomic E-state index is 0.0183. The Kier molecular flexibility index (Phi) is 7.67. The second-order valence-electron chi connectivity index (χ2n) is 7.70. The predicted molar refractivity (Wildman–Crippen MR) is 140 cm³/mol. The number of ether oxygens (including phenoxy) is 2. The molecule has 0 bridgehead atoms. The molecule has 0 aliphatic rings. The van der Waals surface area contributed by atoms with Gasteiger partial charge in [0.1, 0.15) is 18.2 Å². The highest BCUT2D eigenvalue weighted by Gasteiger charge is 2.13. The van der Waals surface area contributed by atoms with E-state index in [1.807, 2.05) is 79.7 Å². The molecule has 0 saturated carbocycles. The summed E-state index contributed by atoms with van der Waals surface area (Å²) in [6.07, 6.45) is 1.53. The normalized spacial score (nSPS) is 11.1. The highest BCUT2D eigenvalue weighted by atomic mass is 35.5. The lowest BCUT2D eigenvalue weighted by molar-refractivity contribution is -0.112. The van der Waals surface area contributed by atoms with Crippen LogP contribution in [-0.2, 0) is 11.4 Å². The van der Waals surface area contributed by atoms with Crippen molar-refractivity contribution in [1.29, 1.82) is 5.26 Å². The molecular weight excluding hydrogens is 460 g/mol. The van der Waals surface area contributed by atoms with Gasteiger partial charge in [0.05, 0.1) is 6.61 Å². The summed E-state index contributed by atoms with van der Waals surface area (Å²) < 4.78 is 11.7. The Balaban J connectivity index is 1.54. The second-order valence-corrected chi connectivity index (χ2v) is 8.14. The van der Waals surface area contributed by atoms with Crippen LogP contribution < -0.4 is 14.8 Å². The van der Waals surface area contributed by atoms with Crippen LogP contribution in [0, 0.1) is 11.3 Å². The van der Waals surface area contributed by atoms with E-state index < -0.39 is 5.91 Å². The van der Waals surface area contributed by atoms with Crippen molar-refractivity contribution in [2.75, 3.05) is 11.9 Å². The minimum Gasteiger partial charge on any atom is -0.490 e. The molecule has 0 radical (unpaired) electrons. The van der Waals surface area contributed by atoms with E-state index >= 15 is 0 Å². The van der Waals surface area contributed by atoms with Gasteiger partial charge in [0.25, 0.3) is 5.91 Å². The topological polar surface area (TPSA) is 71.3 Å².